The Labute approximate surface area is 71.5 Å². The monoisotopic (exact) mass is 179 g/mol. The molecular weight excluding hydrogens is 164 g/mol. The molecule has 1 heterocycles. The zero-order valence-electron chi connectivity index (χ0n) is 7.46. The molecule has 1 saturated heterocycles. The van der Waals surface area contributed by atoms with Crippen LogP contribution in [0.4, 0.5) is 8.78 Å². The first-order valence-corrected chi connectivity index (χ1v) is 4.23. The highest BCUT2D eigenvalue weighted by Gasteiger charge is 2.25. The van der Waals surface area contributed by atoms with Crippen LogP contribution in [0.25, 0.3) is 0 Å². The van der Waals surface area contributed by atoms with Gasteiger partial charge in [-0.25, -0.2) is 8.78 Å². The van der Waals surface area contributed by atoms with E-state index in [-0.39, 0.29) is 18.7 Å². The molecule has 1 fully saturated rings. The molecule has 0 saturated carbocycles. The molecule has 0 radical (unpaired) electrons. The Morgan fingerprint density at radius 3 is 2.75 bits per heavy atom. The molecule has 1 aliphatic rings. The van der Waals surface area contributed by atoms with Crippen molar-refractivity contribution in [3.05, 3.63) is 0 Å². The number of ether oxygens (including phenoxy) is 1. The summed E-state index contributed by atoms with van der Waals surface area (Å²) in [6.07, 6.45) is -2.15. The molecule has 0 aromatic carbocycles. The molecule has 0 N–H and O–H groups in total. The van der Waals surface area contributed by atoms with E-state index in [2.05, 4.69) is 0 Å². The molecular formula is C8H15F2NO. The lowest BCUT2D eigenvalue weighted by Gasteiger charge is -2.36. The number of halogens is 2. The van der Waals surface area contributed by atoms with Gasteiger partial charge < -0.3 is 4.74 Å². The second kappa shape index (κ2) is 4.14. The molecule has 2 unspecified atom stereocenters. The van der Waals surface area contributed by atoms with Crippen molar-refractivity contribution in [2.24, 2.45) is 0 Å². The van der Waals surface area contributed by atoms with Gasteiger partial charge in [0.15, 0.2) is 0 Å². The van der Waals surface area contributed by atoms with Crippen molar-refractivity contribution in [1.29, 1.82) is 0 Å². The van der Waals surface area contributed by atoms with E-state index in [0.717, 1.165) is 0 Å². The van der Waals surface area contributed by atoms with Crippen LogP contribution in [0.2, 0.25) is 0 Å². The highest BCUT2D eigenvalue weighted by Crippen LogP contribution is 2.12. The van der Waals surface area contributed by atoms with Crippen LogP contribution in [-0.4, -0.2) is 43.2 Å². The number of rotatable bonds is 2. The van der Waals surface area contributed by atoms with Gasteiger partial charge in [-0.1, -0.05) is 0 Å². The highest BCUT2D eigenvalue weighted by molar-refractivity contribution is 4.75. The lowest BCUT2D eigenvalue weighted by Crippen LogP contribution is -2.48. The average molecular weight is 179 g/mol. The molecule has 0 aromatic heterocycles. The predicted molar refractivity (Wildman–Crippen MR) is 42.5 cm³/mol. The van der Waals surface area contributed by atoms with Crippen LogP contribution in [-0.2, 0) is 4.74 Å². The maximum atomic E-state index is 12.0. The molecule has 72 valence electrons. The molecule has 4 heteroatoms. The van der Waals surface area contributed by atoms with E-state index >= 15 is 0 Å². The van der Waals surface area contributed by atoms with Crippen molar-refractivity contribution in [1.82, 2.24) is 4.90 Å². The summed E-state index contributed by atoms with van der Waals surface area (Å²) in [4.78, 5) is 1.78. The topological polar surface area (TPSA) is 12.5 Å². The van der Waals surface area contributed by atoms with E-state index in [9.17, 15) is 8.78 Å². The number of alkyl halides is 2. The van der Waals surface area contributed by atoms with Gasteiger partial charge in [0.25, 0.3) is 6.43 Å². The van der Waals surface area contributed by atoms with Crippen molar-refractivity contribution < 1.29 is 13.5 Å². The van der Waals surface area contributed by atoms with Gasteiger partial charge in [0.1, 0.15) is 0 Å². The largest absolute Gasteiger partial charge is 0.376 e. The standard InChI is InChI=1S/C8H15F2NO/c1-6-5-12-7(2)3-11(6)4-8(9)10/h6-8H,3-5H2,1-2H3. The first kappa shape index (κ1) is 9.86. The van der Waals surface area contributed by atoms with E-state index in [0.29, 0.717) is 13.2 Å². The molecule has 1 rings (SSSR count). The second-order valence-corrected chi connectivity index (χ2v) is 3.34. The van der Waals surface area contributed by atoms with E-state index < -0.39 is 6.43 Å². The fourth-order valence-electron chi connectivity index (χ4n) is 1.40. The van der Waals surface area contributed by atoms with Gasteiger partial charge in [0.2, 0.25) is 0 Å². The summed E-state index contributed by atoms with van der Waals surface area (Å²) in [6.45, 7) is 4.87. The van der Waals surface area contributed by atoms with Crippen molar-refractivity contribution >= 4 is 0 Å². The first-order valence-electron chi connectivity index (χ1n) is 4.23. The summed E-state index contributed by atoms with van der Waals surface area (Å²) in [6, 6.07) is 0.121. The van der Waals surface area contributed by atoms with Crippen LogP contribution in [0.1, 0.15) is 13.8 Å². The Balaban J connectivity index is 2.38. The van der Waals surface area contributed by atoms with Gasteiger partial charge in [0, 0.05) is 12.6 Å². The zero-order chi connectivity index (χ0) is 9.14. The van der Waals surface area contributed by atoms with Crippen LogP contribution in [0.3, 0.4) is 0 Å². The van der Waals surface area contributed by atoms with Crippen molar-refractivity contribution in [3.63, 3.8) is 0 Å². The first-order chi connectivity index (χ1) is 5.59. The average Bonchev–Trinajstić information content (AvgIpc) is 1.96. The van der Waals surface area contributed by atoms with E-state index in [1.807, 2.05) is 13.8 Å². The molecule has 0 aromatic rings. The summed E-state index contributed by atoms with van der Waals surface area (Å²) in [5.74, 6) is 0. The van der Waals surface area contributed by atoms with Gasteiger partial charge in [-0.05, 0) is 13.8 Å². The number of morpholine rings is 1. The summed E-state index contributed by atoms with van der Waals surface area (Å²) < 4.78 is 29.4. The third-order valence-corrected chi connectivity index (χ3v) is 2.11. The molecule has 2 nitrogen and oxygen atoms in total. The number of hydrogen-bond donors (Lipinski definition) is 0. The van der Waals surface area contributed by atoms with Crippen molar-refractivity contribution in [3.8, 4) is 0 Å². The van der Waals surface area contributed by atoms with Crippen LogP contribution in [0.5, 0.6) is 0 Å². The van der Waals surface area contributed by atoms with Crippen LogP contribution < -0.4 is 0 Å². The molecule has 2 atom stereocenters. The minimum absolute atomic E-state index is 0.0833. The minimum atomic E-state index is -2.24. The van der Waals surface area contributed by atoms with Gasteiger partial charge >= 0.3 is 0 Å². The van der Waals surface area contributed by atoms with Gasteiger partial charge in [0.05, 0.1) is 19.3 Å². The van der Waals surface area contributed by atoms with E-state index in [4.69, 9.17) is 4.74 Å². The van der Waals surface area contributed by atoms with Crippen LogP contribution in [0.15, 0.2) is 0 Å². The summed E-state index contributed by atoms with van der Waals surface area (Å²) in [5.41, 5.74) is 0. The maximum absolute atomic E-state index is 12.0. The Morgan fingerprint density at radius 1 is 1.50 bits per heavy atom. The SMILES string of the molecule is CC1CN(CC(F)F)C(C)CO1. The molecule has 0 bridgehead atoms. The Morgan fingerprint density at radius 2 is 2.17 bits per heavy atom. The Hall–Kier alpha value is -0.220. The Kier molecular flexibility index (Phi) is 3.40. The van der Waals surface area contributed by atoms with Crippen LogP contribution in [0, 0.1) is 0 Å². The fraction of sp³-hybridized carbons (Fsp3) is 1.00. The number of hydrogen-bond acceptors (Lipinski definition) is 2. The van der Waals surface area contributed by atoms with E-state index in [1.54, 1.807) is 4.90 Å². The summed E-state index contributed by atoms with van der Waals surface area (Å²) in [7, 11) is 0. The lowest BCUT2D eigenvalue weighted by atomic mass is 10.2. The quantitative estimate of drug-likeness (QED) is 0.634. The smallest absolute Gasteiger partial charge is 0.251 e. The fourth-order valence-corrected chi connectivity index (χ4v) is 1.40. The van der Waals surface area contributed by atoms with Crippen molar-refractivity contribution in [2.45, 2.75) is 32.4 Å². The van der Waals surface area contributed by atoms with E-state index in [1.165, 1.54) is 0 Å². The van der Waals surface area contributed by atoms with Gasteiger partial charge in [-0.3, -0.25) is 4.90 Å². The molecule has 12 heavy (non-hydrogen) atoms. The molecule has 1 aliphatic heterocycles. The molecule has 0 amide bonds. The minimum Gasteiger partial charge on any atom is -0.376 e. The van der Waals surface area contributed by atoms with Gasteiger partial charge in [-0.15, -0.1) is 0 Å². The van der Waals surface area contributed by atoms with Gasteiger partial charge in [-0.2, -0.15) is 0 Å². The van der Waals surface area contributed by atoms with Crippen molar-refractivity contribution in [2.75, 3.05) is 19.7 Å². The number of nitrogens with zero attached hydrogens (tertiary/aromatic N) is 1. The third-order valence-electron chi connectivity index (χ3n) is 2.11. The highest BCUT2D eigenvalue weighted by atomic mass is 19.3. The summed E-state index contributed by atoms with van der Waals surface area (Å²) in [5, 5.41) is 0. The zero-order valence-corrected chi connectivity index (χ0v) is 7.46. The lowest BCUT2D eigenvalue weighted by molar-refractivity contribution is -0.0656. The van der Waals surface area contributed by atoms with Crippen LogP contribution >= 0.6 is 0 Å². The Bertz CT molecular complexity index is 141. The normalized spacial score (nSPS) is 32.8. The second-order valence-electron chi connectivity index (χ2n) is 3.34. The predicted octanol–water partition coefficient (Wildman–Crippen LogP) is 1.36. The maximum Gasteiger partial charge on any atom is 0.251 e. The molecule has 0 aliphatic carbocycles. The third kappa shape index (κ3) is 2.68. The summed E-state index contributed by atoms with van der Waals surface area (Å²) >= 11 is 0. The molecule has 0 spiro atoms.